The van der Waals surface area contributed by atoms with E-state index in [1.165, 1.54) is 12.1 Å². The summed E-state index contributed by atoms with van der Waals surface area (Å²) in [6.07, 6.45) is 8.80. The van der Waals surface area contributed by atoms with Gasteiger partial charge in [0, 0.05) is 42.9 Å². The molecule has 0 saturated heterocycles. The molecule has 0 N–H and O–H groups in total. The van der Waals surface area contributed by atoms with E-state index >= 15 is 0 Å². The molecule has 4 heterocycles. The summed E-state index contributed by atoms with van der Waals surface area (Å²) in [6.45, 7) is 0.542. The van der Waals surface area contributed by atoms with Crippen LogP contribution in [0.5, 0.6) is 0 Å². The molecule has 2 aliphatic rings. The topological polar surface area (TPSA) is 70.5 Å². The van der Waals surface area contributed by atoms with Crippen LogP contribution in [-0.4, -0.2) is 29.1 Å². The van der Waals surface area contributed by atoms with E-state index in [-0.39, 0.29) is 11.2 Å². The fourth-order valence-corrected chi connectivity index (χ4v) is 4.07. The zero-order valence-corrected chi connectivity index (χ0v) is 17.3. The molecule has 0 unspecified atom stereocenters. The van der Waals surface area contributed by atoms with Crippen LogP contribution in [0.25, 0.3) is 33.5 Å². The molecule has 0 amide bonds. The van der Waals surface area contributed by atoms with E-state index in [1.807, 2.05) is 47.2 Å². The van der Waals surface area contributed by atoms with E-state index in [0.717, 1.165) is 26.8 Å². The number of pyridine rings is 2. The first kappa shape index (κ1) is 19.1. The van der Waals surface area contributed by atoms with Crippen molar-refractivity contribution in [1.82, 2.24) is 29.1 Å². The van der Waals surface area contributed by atoms with Crippen molar-refractivity contribution in [2.45, 2.75) is 6.54 Å². The summed E-state index contributed by atoms with van der Waals surface area (Å²) in [5.74, 6) is -0.505. The fraction of sp³-hybridized carbons (Fsp3) is 0.0400. The minimum Gasteiger partial charge on any atom is -0.342 e. The third-order valence-electron chi connectivity index (χ3n) is 5.66. The Hall–Kier alpha value is -4.59. The van der Waals surface area contributed by atoms with E-state index in [9.17, 15) is 9.18 Å². The minimum atomic E-state index is -0.505. The van der Waals surface area contributed by atoms with Crippen molar-refractivity contribution in [3.8, 4) is 22.6 Å². The van der Waals surface area contributed by atoms with E-state index < -0.39 is 5.82 Å². The van der Waals surface area contributed by atoms with Crippen LogP contribution in [0.2, 0.25) is 0 Å². The molecule has 0 fully saturated rings. The van der Waals surface area contributed by atoms with E-state index in [0.29, 0.717) is 17.8 Å². The van der Waals surface area contributed by atoms with Crippen LogP contribution in [0.3, 0.4) is 0 Å². The smallest absolute Gasteiger partial charge is 0.282 e. The van der Waals surface area contributed by atoms with Gasteiger partial charge in [0.2, 0.25) is 0 Å². The maximum Gasteiger partial charge on any atom is 0.282 e. The van der Waals surface area contributed by atoms with E-state index in [4.69, 9.17) is 0 Å². The molecule has 0 spiro atoms. The van der Waals surface area contributed by atoms with Gasteiger partial charge in [0.15, 0.2) is 0 Å². The highest BCUT2D eigenvalue weighted by Gasteiger charge is 2.22. The van der Waals surface area contributed by atoms with Crippen LogP contribution >= 0.6 is 0 Å². The summed E-state index contributed by atoms with van der Waals surface area (Å²) in [5, 5.41) is 9.44. The summed E-state index contributed by atoms with van der Waals surface area (Å²) in [7, 11) is 0. The van der Waals surface area contributed by atoms with Crippen LogP contribution in [0.4, 0.5) is 4.39 Å². The molecular formula is C25H17FN6O. The van der Waals surface area contributed by atoms with Gasteiger partial charge in [-0.3, -0.25) is 9.78 Å². The molecule has 160 valence electrons. The third kappa shape index (κ3) is 3.20. The highest BCUT2D eigenvalue weighted by Crippen LogP contribution is 2.28. The Morgan fingerprint density at radius 3 is 2.58 bits per heavy atom. The van der Waals surface area contributed by atoms with E-state index in [2.05, 4.69) is 15.2 Å². The Morgan fingerprint density at radius 1 is 0.939 bits per heavy atom. The lowest BCUT2D eigenvalue weighted by Crippen LogP contribution is -2.16. The number of aromatic nitrogens is 6. The Labute approximate surface area is 187 Å². The summed E-state index contributed by atoms with van der Waals surface area (Å²) < 4.78 is 19.3. The average Bonchev–Trinajstić information content (AvgIpc) is 3.49. The highest BCUT2D eigenvalue weighted by molar-refractivity contribution is 5.93. The molecule has 8 heteroatoms. The van der Waals surface area contributed by atoms with Crippen LogP contribution in [0, 0.1) is 5.82 Å². The lowest BCUT2D eigenvalue weighted by molar-refractivity contribution is 0.609. The molecule has 6 rings (SSSR count). The standard InChI is InChI=1S/C25H17FN6O/c26-21-4-1-2-5-23(21)32-25(33)20-16-30(22-10-12-27-14-19(22)24(20)29-32)15-17-6-8-18(9-7-17)31-13-3-11-28-31/h1-14,16H,15H2. The quantitative estimate of drug-likeness (QED) is 0.418. The Balaban J connectivity index is 1.48. The second kappa shape index (κ2) is 7.52. The van der Waals surface area contributed by atoms with Crippen molar-refractivity contribution < 1.29 is 4.39 Å². The first-order chi connectivity index (χ1) is 16.2. The van der Waals surface area contributed by atoms with E-state index in [1.54, 1.807) is 41.6 Å². The molecule has 2 aromatic carbocycles. The summed E-state index contributed by atoms with van der Waals surface area (Å²) in [6, 6.07) is 17.9. The largest absolute Gasteiger partial charge is 0.342 e. The van der Waals surface area contributed by atoms with Crippen molar-refractivity contribution >= 4 is 10.9 Å². The predicted molar refractivity (Wildman–Crippen MR) is 122 cm³/mol. The SMILES string of the molecule is O=c1c2cn(Cc3ccc(-n4cccn4)cc3)c3ccncc3c-2nn1-c1ccccc1F. The zero-order valence-electron chi connectivity index (χ0n) is 17.3. The van der Waals surface area contributed by atoms with Gasteiger partial charge in [0.05, 0.1) is 16.8 Å². The molecule has 0 bridgehead atoms. The zero-order chi connectivity index (χ0) is 22.4. The third-order valence-corrected chi connectivity index (χ3v) is 5.66. The molecule has 7 nitrogen and oxygen atoms in total. The van der Waals surface area contributed by atoms with Crippen molar-refractivity contribution in [3.05, 3.63) is 113 Å². The van der Waals surface area contributed by atoms with Crippen LogP contribution in [0.1, 0.15) is 5.56 Å². The van der Waals surface area contributed by atoms with Gasteiger partial charge in [-0.25, -0.2) is 9.07 Å². The molecule has 2 aromatic heterocycles. The predicted octanol–water partition coefficient (Wildman–Crippen LogP) is 4.06. The molecule has 0 saturated carbocycles. The van der Waals surface area contributed by atoms with Gasteiger partial charge >= 0.3 is 0 Å². The van der Waals surface area contributed by atoms with Gasteiger partial charge in [0.25, 0.3) is 5.56 Å². The number of para-hydroxylation sites is 1. The maximum absolute atomic E-state index is 14.4. The average molecular weight is 436 g/mol. The van der Waals surface area contributed by atoms with Crippen molar-refractivity contribution in [2.24, 2.45) is 0 Å². The molecule has 0 atom stereocenters. The molecule has 0 aliphatic carbocycles. The Morgan fingerprint density at radius 2 is 1.79 bits per heavy atom. The minimum absolute atomic E-state index is 0.122. The Kier molecular flexibility index (Phi) is 4.36. The summed E-state index contributed by atoms with van der Waals surface area (Å²) >= 11 is 0. The summed E-state index contributed by atoms with van der Waals surface area (Å²) in [4.78, 5) is 17.4. The van der Waals surface area contributed by atoms with Crippen LogP contribution in [-0.2, 0) is 6.54 Å². The van der Waals surface area contributed by atoms with Crippen molar-refractivity contribution in [3.63, 3.8) is 0 Å². The molecule has 2 aliphatic heterocycles. The maximum atomic E-state index is 14.4. The number of nitrogens with zero attached hydrogens (tertiary/aromatic N) is 6. The first-order valence-corrected chi connectivity index (χ1v) is 10.4. The second-order valence-corrected chi connectivity index (χ2v) is 7.70. The van der Waals surface area contributed by atoms with Gasteiger partial charge in [-0.15, -0.1) is 0 Å². The second-order valence-electron chi connectivity index (χ2n) is 7.70. The molecule has 4 aromatic rings. The van der Waals surface area contributed by atoms with Gasteiger partial charge in [-0.05, 0) is 42.0 Å². The first-order valence-electron chi connectivity index (χ1n) is 10.4. The van der Waals surface area contributed by atoms with Crippen molar-refractivity contribution in [1.29, 1.82) is 0 Å². The number of hydrogen-bond acceptors (Lipinski definition) is 4. The highest BCUT2D eigenvalue weighted by atomic mass is 19.1. The van der Waals surface area contributed by atoms with Crippen molar-refractivity contribution in [2.75, 3.05) is 0 Å². The lowest BCUT2D eigenvalue weighted by Gasteiger charge is -2.14. The Bertz CT molecular complexity index is 1620. The van der Waals surface area contributed by atoms with Gasteiger partial charge < -0.3 is 4.57 Å². The van der Waals surface area contributed by atoms with Gasteiger partial charge in [-0.1, -0.05) is 24.3 Å². The number of fused-ring (bicyclic) bond motifs is 3. The fourth-order valence-electron chi connectivity index (χ4n) is 4.07. The number of rotatable bonds is 4. The summed E-state index contributed by atoms with van der Waals surface area (Å²) in [5.41, 5.74) is 3.56. The number of benzene rings is 2. The van der Waals surface area contributed by atoms with Crippen LogP contribution in [0.15, 0.2) is 96.4 Å². The molecule has 33 heavy (non-hydrogen) atoms. The molecular weight excluding hydrogens is 419 g/mol. The number of hydrogen-bond donors (Lipinski definition) is 0. The van der Waals surface area contributed by atoms with Gasteiger partial charge in [0.1, 0.15) is 17.2 Å². The monoisotopic (exact) mass is 436 g/mol. The number of halogens is 1. The normalized spacial score (nSPS) is 11.4. The molecule has 0 radical (unpaired) electrons. The lowest BCUT2D eigenvalue weighted by atomic mass is 10.1. The van der Waals surface area contributed by atoms with Gasteiger partial charge in [-0.2, -0.15) is 14.9 Å². The van der Waals surface area contributed by atoms with Crippen LogP contribution < -0.4 is 5.56 Å².